The molecule has 3 aromatic carbocycles. The fourth-order valence-electron chi connectivity index (χ4n) is 5.78. The maximum atomic E-state index is 12.8. The summed E-state index contributed by atoms with van der Waals surface area (Å²) in [5.74, 6) is -0.194. The number of rotatable bonds is 10. The molecule has 5 rings (SSSR count). The first-order valence-electron chi connectivity index (χ1n) is 14.5. The Kier molecular flexibility index (Phi) is 9.47. The molecule has 2 N–H and O–H groups in total. The minimum atomic E-state index is -4.72. The summed E-state index contributed by atoms with van der Waals surface area (Å²) in [6.07, 6.45) is -1.19. The van der Waals surface area contributed by atoms with Gasteiger partial charge in [0, 0.05) is 73.5 Å². The molecule has 0 amide bonds. The standard InChI is InChI=1S/C33H38ClF3N4O/c1-3-26-19-27(42-33(35,36)37)8-10-28(26)30-22-41(12-4-11-38)32-18-25(7-9-29(30)32)21-40-15-13-39(14-16-40)20-24-6-5-23(2)31(34)17-24/h5-10,17-19,22H,3-4,11-16,20-21,38H2,1-2H3. The number of halogens is 4. The van der Waals surface area contributed by atoms with Crippen molar-refractivity contribution in [2.24, 2.45) is 5.73 Å². The summed E-state index contributed by atoms with van der Waals surface area (Å²) < 4.78 is 44.9. The lowest BCUT2D eigenvalue weighted by molar-refractivity contribution is -0.274. The Bertz CT molecular complexity index is 1530. The molecule has 224 valence electrons. The van der Waals surface area contributed by atoms with Gasteiger partial charge in [-0.15, -0.1) is 13.2 Å². The van der Waals surface area contributed by atoms with Crippen LogP contribution in [0, 0.1) is 6.92 Å². The summed E-state index contributed by atoms with van der Waals surface area (Å²) in [5, 5.41) is 1.90. The van der Waals surface area contributed by atoms with Gasteiger partial charge in [0.15, 0.2) is 0 Å². The number of nitrogens with two attached hydrogens (primary N) is 1. The molecule has 1 fully saturated rings. The van der Waals surface area contributed by atoms with E-state index in [4.69, 9.17) is 17.3 Å². The van der Waals surface area contributed by atoms with Gasteiger partial charge in [0.25, 0.3) is 0 Å². The van der Waals surface area contributed by atoms with E-state index >= 15 is 0 Å². The van der Waals surface area contributed by atoms with E-state index in [-0.39, 0.29) is 5.75 Å². The van der Waals surface area contributed by atoms with Gasteiger partial charge in [0.1, 0.15) is 5.75 Å². The summed E-state index contributed by atoms with van der Waals surface area (Å²) in [7, 11) is 0. The van der Waals surface area contributed by atoms with Crippen LogP contribution in [0.15, 0.2) is 60.8 Å². The Hall–Kier alpha value is -3.04. The molecule has 5 nitrogen and oxygen atoms in total. The van der Waals surface area contributed by atoms with Crippen LogP contribution in [0.1, 0.15) is 35.6 Å². The van der Waals surface area contributed by atoms with E-state index in [1.807, 2.05) is 13.8 Å². The van der Waals surface area contributed by atoms with Gasteiger partial charge in [-0.05, 0) is 78.4 Å². The van der Waals surface area contributed by atoms with Gasteiger partial charge in [-0.1, -0.05) is 48.9 Å². The van der Waals surface area contributed by atoms with Crippen molar-refractivity contribution in [1.82, 2.24) is 14.4 Å². The molecule has 1 saturated heterocycles. The molecule has 42 heavy (non-hydrogen) atoms. The smallest absolute Gasteiger partial charge is 0.406 e. The molecule has 0 spiro atoms. The first kappa shape index (κ1) is 30.4. The number of alkyl halides is 3. The summed E-state index contributed by atoms with van der Waals surface area (Å²) in [6.45, 7) is 11.1. The monoisotopic (exact) mass is 598 g/mol. The Labute approximate surface area is 250 Å². The van der Waals surface area contributed by atoms with Gasteiger partial charge in [-0.25, -0.2) is 0 Å². The molecule has 0 atom stereocenters. The number of aromatic nitrogens is 1. The van der Waals surface area contributed by atoms with Crippen molar-refractivity contribution in [3.63, 3.8) is 0 Å². The van der Waals surface area contributed by atoms with Crippen LogP contribution in [0.5, 0.6) is 5.75 Å². The molecular formula is C33H38ClF3N4O. The maximum Gasteiger partial charge on any atom is 0.573 e. The summed E-state index contributed by atoms with van der Waals surface area (Å²) in [4.78, 5) is 4.96. The zero-order valence-corrected chi connectivity index (χ0v) is 24.9. The van der Waals surface area contributed by atoms with E-state index in [0.717, 1.165) is 90.4 Å². The number of benzene rings is 3. The van der Waals surface area contributed by atoms with Gasteiger partial charge >= 0.3 is 6.36 Å². The molecule has 0 bridgehead atoms. The molecule has 4 aromatic rings. The van der Waals surface area contributed by atoms with E-state index in [1.54, 1.807) is 6.07 Å². The molecule has 0 radical (unpaired) electrons. The minimum absolute atomic E-state index is 0.194. The van der Waals surface area contributed by atoms with E-state index < -0.39 is 6.36 Å². The van der Waals surface area contributed by atoms with E-state index in [2.05, 4.69) is 61.7 Å². The highest BCUT2D eigenvalue weighted by molar-refractivity contribution is 6.31. The molecular weight excluding hydrogens is 561 g/mol. The Morgan fingerprint density at radius 1 is 0.881 bits per heavy atom. The zero-order chi connectivity index (χ0) is 29.9. The Morgan fingerprint density at radius 2 is 1.55 bits per heavy atom. The van der Waals surface area contributed by atoms with Gasteiger partial charge < -0.3 is 15.0 Å². The third-order valence-corrected chi connectivity index (χ3v) is 8.45. The lowest BCUT2D eigenvalue weighted by Crippen LogP contribution is -2.45. The number of hydrogen-bond acceptors (Lipinski definition) is 4. The predicted octanol–water partition coefficient (Wildman–Crippen LogP) is 7.40. The molecule has 0 saturated carbocycles. The summed E-state index contributed by atoms with van der Waals surface area (Å²) in [6, 6.07) is 17.5. The second-order valence-corrected chi connectivity index (χ2v) is 11.5. The number of piperazine rings is 1. The highest BCUT2D eigenvalue weighted by Crippen LogP contribution is 2.36. The molecule has 2 heterocycles. The summed E-state index contributed by atoms with van der Waals surface area (Å²) >= 11 is 6.33. The average Bonchev–Trinajstić information content (AvgIpc) is 3.31. The topological polar surface area (TPSA) is 46.7 Å². The average molecular weight is 599 g/mol. The second kappa shape index (κ2) is 13.1. The van der Waals surface area contributed by atoms with Crippen molar-refractivity contribution < 1.29 is 17.9 Å². The Balaban J connectivity index is 1.33. The molecule has 0 aliphatic carbocycles. The predicted molar refractivity (Wildman–Crippen MR) is 164 cm³/mol. The number of nitrogens with zero attached hydrogens (tertiary/aromatic N) is 3. The van der Waals surface area contributed by atoms with Gasteiger partial charge in [-0.3, -0.25) is 9.80 Å². The molecule has 9 heteroatoms. The number of hydrogen-bond donors (Lipinski definition) is 1. The molecule has 1 aromatic heterocycles. The normalized spacial score (nSPS) is 15.0. The van der Waals surface area contributed by atoms with Crippen LogP contribution in [-0.4, -0.2) is 53.5 Å². The highest BCUT2D eigenvalue weighted by Gasteiger charge is 2.31. The fourth-order valence-corrected chi connectivity index (χ4v) is 5.98. The van der Waals surface area contributed by atoms with Crippen LogP contribution in [0.3, 0.4) is 0 Å². The lowest BCUT2D eigenvalue weighted by Gasteiger charge is -2.34. The maximum absolute atomic E-state index is 12.8. The molecule has 0 unspecified atom stereocenters. The van der Waals surface area contributed by atoms with Crippen LogP contribution in [0.4, 0.5) is 13.2 Å². The van der Waals surface area contributed by atoms with Crippen molar-refractivity contribution in [2.75, 3.05) is 32.7 Å². The van der Waals surface area contributed by atoms with Gasteiger partial charge in [0.05, 0.1) is 0 Å². The van der Waals surface area contributed by atoms with Crippen LogP contribution >= 0.6 is 11.6 Å². The van der Waals surface area contributed by atoms with Crippen molar-refractivity contribution in [1.29, 1.82) is 0 Å². The van der Waals surface area contributed by atoms with Crippen LogP contribution in [0.25, 0.3) is 22.0 Å². The van der Waals surface area contributed by atoms with Gasteiger partial charge in [0.2, 0.25) is 0 Å². The second-order valence-electron chi connectivity index (χ2n) is 11.1. The van der Waals surface area contributed by atoms with E-state index in [0.29, 0.717) is 13.0 Å². The van der Waals surface area contributed by atoms with Crippen molar-refractivity contribution >= 4 is 22.5 Å². The van der Waals surface area contributed by atoms with Gasteiger partial charge in [-0.2, -0.15) is 0 Å². The highest BCUT2D eigenvalue weighted by atomic mass is 35.5. The summed E-state index contributed by atoms with van der Waals surface area (Å²) in [5.41, 5.74) is 13.3. The minimum Gasteiger partial charge on any atom is -0.406 e. The van der Waals surface area contributed by atoms with Crippen LogP contribution in [-0.2, 0) is 26.1 Å². The van der Waals surface area contributed by atoms with E-state index in [9.17, 15) is 13.2 Å². The lowest BCUT2D eigenvalue weighted by atomic mass is 9.97. The largest absolute Gasteiger partial charge is 0.573 e. The molecule has 1 aliphatic rings. The number of ether oxygens (including phenoxy) is 1. The quantitative estimate of drug-likeness (QED) is 0.207. The Morgan fingerprint density at radius 3 is 2.17 bits per heavy atom. The third-order valence-electron chi connectivity index (χ3n) is 8.04. The molecule has 1 aliphatic heterocycles. The van der Waals surface area contributed by atoms with E-state index in [1.165, 1.54) is 23.3 Å². The first-order chi connectivity index (χ1) is 20.1. The van der Waals surface area contributed by atoms with Crippen molar-refractivity contribution in [3.05, 3.63) is 88.1 Å². The zero-order valence-electron chi connectivity index (χ0n) is 24.2. The fraction of sp³-hybridized carbons (Fsp3) is 0.394. The number of aryl methyl sites for hydroxylation is 3. The van der Waals surface area contributed by atoms with Crippen LogP contribution < -0.4 is 10.5 Å². The van der Waals surface area contributed by atoms with Crippen LogP contribution in [0.2, 0.25) is 5.02 Å². The van der Waals surface area contributed by atoms with Crippen molar-refractivity contribution in [3.8, 4) is 16.9 Å². The third kappa shape index (κ3) is 7.29. The first-order valence-corrected chi connectivity index (χ1v) is 14.9. The van der Waals surface area contributed by atoms with Crippen molar-refractivity contribution in [2.45, 2.75) is 52.7 Å². The number of fused-ring (bicyclic) bond motifs is 1. The SMILES string of the molecule is CCc1cc(OC(F)(F)F)ccc1-c1cn(CCCN)c2cc(CN3CCN(Cc4ccc(C)c(Cl)c4)CC3)ccc12.